The summed E-state index contributed by atoms with van der Waals surface area (Å²) in [4.78, 5) is 30.2. The predicted molar refractivity (Wildman–Crippen MR) is 107 cm³/mol. The number of nitrogens with zero attached hydrogens (tertiary/aromatic N) is 2. The lowest BCUT2D eigenvalue weighted by atomic mass is 10.2. The number of nitrogens with one attached hydrogen (secondary N) is 2. The van der Waals surface area contributed by atoms with E-state index in [0.717, 1.165) is 29.1 Å². The Kier molecular flexibility index (Phi) is 5.02. The Bertz CT molecular complexity index is 935. The molecule has 0 atom stereocenters. The number of thiazole rings is 1. The Morgan fingerprint density at radius 1 is 1.19 bits per heavy atom. The number of anilines is 1. The van der Waals surface area contributed by atoms with Crippen molar-refractivity contribution in [3.05, 3.63) is 59.1 Å². The maximum atomic E-state index is 12.3. The van der Waals surface area contributed by atoms with Crippen LogP contribution in [-0.4, -0.2) is 36.6 Å². The van der Waals surface area contributed by atoms with Crippen molar-refractivity contribution in [1.82, 2.24) is 15.6 Å². The highest BCUT2D eigenvalue weighted by molar-refractivity contribution is 7.18. The van der Waals surface area contributed by atoms with Crippen molar-refractivity contribution in [1.29, 1.82) is 0 Å². The lowest BCUT2D eigenvalue weighted by molar-refractivity contribution is 0.0953. The van der Waals surface area contributed by atoms with Gasteiger partial charge in [0.05, 0.1) is 15.2 Å². The van der Waals surface area contributed by atoms with Gasteiger partial charge in [0.15, 0.2) is 0 Å². The SMILES string of the molecule is O=C(NCCCc1nc2ccccc2s1)c1ccc(N2CCNC2=O)cc1. The molecule has 3 aromatic rings. The first-order valence-corrected chi connectivity index (χ1v) is 9.80. The molecule has 1 saturated heterocycles. The minimum Gasteiger partial charge on any atom is -0.352 e. The molecule has 1 aromatic heterocycles. The molecular formula is C20H20N4O2S. The lowest BCUT2D eigenvalue weighted by Gasteiger charge is -2.14. The van der Waals surface area contributed by atoms with Gasteiger partial charge in [-0.25, -0.2) is 9.78 Å². The van der Waals surface area contributed by atoms with Crippen LogP contribution in [0.1, 0.15) is 21.8 Å². The van der Waals surface area contributed by atoms with E-state index in [1.54, 1.807) is 40.5 Å². The van der Waals surface area contributed by atoms with Crippen molar-refractivity contribution < 1.29 is 9.59 Å². The molecule has 0 spiro atoms. The fourth-order valence-electron chi connectivity index (χ4n) is 3.08. The molecule has 2 heterocycles. The Labute approximate surface area is 161 Å². The van der Waals surface area contributed by atoms with Gasteiger partial charge in [0.2, 0.25) is 0 Å². The van der Waals surface area contributed by atoms with E-state index in [-0.39, 0.29) is 11.9 Å². The summed E-state index contributed by atoms with van der Waals surface area (Å²) < 4.78 is 1.20. The van der Waals surface area contributed by atoms with Crippen LogP contribution in [-0.2, 0) is 6.42 Å². The molecule has 1 fully saturated rings. The molecule has 2 N–H and O–H groups in total. The van der Waals surface area contributed by atoms with E-state index in [9.17, 15) is 9.59 Å². The van der Waals surface area contributed by atoms with Crippen LogP contribution in [0.15, 0.2) is 48.5 Å². The molecule has 27 heavy (non-hydrogen) atoms. The number of urea groups is 1. The van der Waals surface area contributed by atoms with Crippen LogP contribution >= 0.6 is 11.3 Å². The van der Waals surface area contributed by atoms with Crippen LogP contribution in [0, 0.1) is 0 Å². The van der Waals surface area contributed by atoms with Crippen LogP contribution in [0.2, 0.25) is 0 Å². The second-order valence-electron chi connectivity index (χ2n) is 6.37. The molecule has 0 saturated carbocycles. The summed E-state index contributed by atoms with van der Waals surface area (Å²) in [6.45, 7) is 1.90. The molecule has 138 valence electrons. The minimum atomic E-state index is -0.100. The van der Waals surface area contributed by atoms with Crippen molar-refractivity contribution >= 4 is 39.2 Å². The number of para-hydroxylation sites is 1. The number of hydrogen-bond donors (Lipinski definition) is 2. The van der Waals surface area contributed by atoms with Gasteiger partial charge in [-0.1, -0.05) is 12.1 Å². The topological polar surface area (TPSA) is 74.3 Å². The number of aromatic nitrogens is 1. The molecule has 1 aliphatic heterocycles. The van der Waals surface area contributed by atoms with Crippen LogP contribution in [0.5, 0.6) is 0 Å². The second-order valence-corrected chi connectivity index (χ2v) is 7.48. The van der Waals surface area contributed by atoms with Crippen molar-refractivity contribution in [2.24, 2.45) is 0 Å². The fourth-order valence-corrected chi connectivity index (χ4v) is 4.09. The van der Waals surface area contributed by atoms with Crippen LogP contribution < -0.4 is 15.5 Å². The van der Waals surface area contributed by atoms with Gasteiger partial charge in [-0.3, -0.25) is 9.69 Å². The standard InChI is InChI=1S/C20H20N4O2S/c25-19(14-7-9-15(10-8-14)24-13-12-22-20(24)26)21-11-3-6-18-23-16-4-1-2-5-17(16)27-18/h1-2,4-5,7-10H,3,6,11-13H2,(H,21,25)(H,22,26). The molecule has 0 radical (unpaired) electrons. The van der Waals surface area contributed by atoms with Gasteiger partial charge in [-0.05, 0) is 42.8 Å². The molecule has 1 aliphatic rings. The summed E-state index contributed by atoms with van der Waals surface area (Å²) in [5.74, 6) is -0.100. The van der Waals surface area contributed by atoms with E-state index in [1.807, 2.05) is 18.2 Å². The highest BCUT2D eigenvalue weighted by atomic mass is 32.1. The van der Waals surface area contributed by atoms with Crippen LogP contribution in [0.4, 0.5) is 10.5 Å². The molecule has 4 rings (SSSR count). The summed E-state index contributed by atoms with van der Waals surface area (Å²) in [5.41, 5.74) is 2.43. The van der Waals surface area contributed by atoms with Gasteiger partial charge in [0.25, 0.3) is 5.91 Å². The van der Waals surface area contributed by atoms with E-state index < -0.39 is 0 Å². The van der Waals surface area contributed by atoms with Gasteiger partial charge in [0, 0.05) is 37.3 Å². The van der Waals surface area contributed by atoms with E-state index in [2.05, 4.69) is 21.7 Å². The summed E-state index contributed by atoms with van der Waals surface area (Å²) >= 11 is 1.71. The lowest BCUT2D eigenvalue weighted by Crippen LogP contribution is -2.28. The number of carbonyl (C=O) groups excluding carboxylic acids is 2. The molecular weight excluding hydrogens is 360 g/mol. The summed E-state index contributed by atoms with van der Waals surface area (Å²) in [6, 6.07) is 15.1. The van der Waals surface area contributed by atoms with Crippen molar-refractivity contribution in [2.45, 2.75) is 12.8 Å². The summed E-state index contributed by atoms with van der Waals surface area (Å²) in [7, 11) is 0. The van der Waals surface area contributed by atoms with Crippen molar-refractivity contribution in [3.8, 4) is 0 Å². The van der Waals surface area contributed by atoms with Gasteiger partial charge in [-0.15, -0.1) is 11.3 Å². The number of benzene rings is 2. The molecule has 2 aromatic carbocycles. The third-order valence-electron chi connectivity index (χ3n) is 4.49. The normalized spacial score (nSPS) is 13.8. The average Bonchev–Trinajstić information content (AvgIpc) is 3.30. The van der Waals surface area contributed by atoms with E-state index in [0.29, 0.717) is 25.2 Å². The first-order chi connectivity index (χ1) is 13.2. The maximum absolute atomic E-state index is 12.3. The number of aryl methyl sites for hydroxylation is 1. The minimum absolute atomic E-state index is 0.0953. The third kappa shape index (κ3) is 3.93. The fraction of sp³-hybridized carbons (Fsp3) is 0.250. The molecule has 0 unspecified atom stereocenters. The second kappa shape index (κ2) is 7.75. The number of amides is 3. The first kappa shape index (κ1) is 17.5. The summed E-state index contributed by atoms with van der Waals surface area (Å²) in [5, 5.41) is 6.81. The number of hydrogen-bond acceptors (Lipinski definition) is 4. The summed E-state index contributed by atoms with van der Waals surface area (Å²) in [6.07, 6.45) is 1.69. The highest BCUT2D eigenvalue weighted by Gasteiger charge is 2.21. The van der Waals surface area contributed by atoms with Gasteiger partial charge in [0.1, 0.15) is 0 Å². The predicted octanol–water partition coefficient (Wildman–Crippen LogP) is 3.19. The zero-order valence-corrected chi connectivity index (χ0v) is 15.6. The zero-order valence-electron chi connectivity index (χ0n) is 14.8. The maximum Gasteiger partial charge on any atom is 0.321 e. The number of carbonyl (C=O) groups is 2. The van der Waals surface area contributed by atoms with Gasteiger partial charge in [-0.2, -0.15) is 0 Å². The Morgan fingerprint density at radius 3 is 2.74 bits per heavy atom. The zero-order chi connectivity index (χ0) is 18.6. The van der Waals surface area contributed by atoms with Crippen LogP contribution in [0.3, 0.4) is 0 Å². The molecule has 0 bridgehead atoms. The third-order valence-corrected chi connectivity index (χ3v) is 5.59. The number of rotatable bonds is 6. The Morgan fingerprint density at radius 2 is 2.00 bits per heavy atom. The van der Waals surface area contributed by atoms with Crippen LogP contribution in [0.25, 0.3) is 10.2 Å². The van der Waals surface area contributed by atoms with E-state index >= 15 is 0 Å². The van der Waals surface area contributed by atoms with E-state index in [4.69, 9.17) is 0 Å². The molecule has 7 heteroatoms. The van der Waals surface area contributed by atoms with Gasteiger partial charge < -0.3 is 10.6 Å². The van der Waals surface area contributed by atoms with Gasteiger partial charge >= 0.3 is 6.03 Å². The molecule has 3 amide bonds. The quantitative estimate of drug-likeness (QED) is 0.645. The molecule has 6 nitrogen and oxygen atoms in total. The first-order valence-electron chi connectivity index (χ1n) is 8.99. The van der Waals surface area contributed by atoms with Crippen molar-refractivity contribution in [3.63, 3.8) is 0 Å². The Balaban J connectivity index is 1.27. The average molecular weight is 380 g/mol. The monoisotopic (exact) mass is 380 g/mol. The number of fused-ring (bicyclic) bond motifs is 1. The largest absolute Gasteiger partial charge is 0.352 e. The van der Waals surface area contributed by atoms with Crippen molar-refractivity contribution in [2.75, 3.05) is 24.5 Å². The smallest absolute Gasteiger partial charge is 0.321 e. The van der Waals surface area contributed by atoms with E-state index in [1.165, 1.54) is 4.70 Å². The highest BCUT2D eigenvalue weighted by Crippen LogP contribution is 2.22. The molecule has 0 aliphatic carbocycles. The Hall–Kier alpha value is -2.93.